The Morgan fingerprint density at radius 3 is 2.42 bits per heavy atom. The molecule has 0 saturated heterocycles. The second-order valence-corrected chi connectivity index (χ2v) is 4.68. The molecule has 7 nitrogen and oxygen atoms in total. The summed E-state index contributed by atoms with van der Waals surface area (Å²) >= 11 is 0. The van der Waals surface area contributed by atoms with E-state index in [1.807, 2.05) is 6.92 Å². The van der Waals surface area contributed by atoms with Gasteiger partial charge in [-0.1, -0.05) is 0 Å². The SMILES string of the molecule is CCOC1CC(CC(=O)NC(CC(=O)O)C(=O)O)C1. The molecule has 0 radical (unpaired) electrons. The zero-order valence-electron chi connectivity index (χ0n) is 10.8. The lowest BCUT2D eigenvalue weighted by atomic mass is 9.80. The van der Waals surface area contributed by atoms with E-state index in [9.17, 15) is 14.4 Å². The number of carboxylic acids is 2. The van der Waals surface area contributed by atoms with Crippen LogP contribution in [0.15, 0.2) is 0 Å². The molecule has 1 aliphatic carbocycles. The second kappa shape index (κ2) is 7.08. The molecule has 108 valence electrons. The second-order valence-electron chi connectivity index (χ2n) is 4.68. The molecule has 1 unspecified atom stereocenters. The molecule has 0 spiro atoms. The number of hydrogen-bond acceptors (Lipinski definition) is 4. The topological polar surface area (TPSA) is 113 Å². The lowest BCUT2D eigenvalue weighted by molar-refractivity contribution is -0.147. The number of amides is 1. The Balaban J connectivity index is 2.30. The van der Waals surface area contributed by atoms with E-state index in [0.29, 0.717) is 6.61 Å². The van der Waals surface area contributed by atoms with Crippen molar-refractivity contribution in [1.82, 2.24) is 5.32 Å². The molecule has 1 rings (SSSR count). The molecule has 7 heteroatoms. The largest absolute Gasteiger partial charge is 0.481 e. The zero-order chi connectivity index (χ0) is 14.4. The molecule has 1 saturated carbocycles. The summed E-state index contributed by atoms with van der Waals surface area (Å²) in [7, 11) is 0. The summed E-state index contributed by atoms with van der Waals surface area (Å²) in [6, 6.07) is -1.37. The first-order valence-corrected chi connectivity index (χ1v) is 6.28. The van der Waals surface area contributed by atoms with E-state index in [1.54, 1.807) is 0 Å². The zero-order valence-corrected chi connectivity index (χ0v) is 10.8. The highest BCUT2D eigenvalue weighted by molar-refractivity contribution is 5.86. The van der Waals surface area contributed by atoms with E-state index in [1.165, 1.54) is 0 Å². The van der Waals surface area contributed by atoms with Crippen LogP contribution >= 0.6 is 0 Å². The van der Waals surface area contributed by atoms with Crippen LogP contribution in [0.25, 0.3) is 0 Å². The third-order valence-corrected chi connectivity index (χ3v) is 3.08. The van der Waals surface area contributed by atoms with Crippen LogP contribution in [-0.2, 0) is 19.1 Å². The minimum Gasteiger partial charge on any atom is -0.481 e. The molecule has 1 amide bonds. The molecular weight excluding hydrogens is 254 g/mol. The van der Waals surface area contributed by atoms with Gasteiger partial charge in [-0.2, -0.15) is 0 Å². The van der Waals surface area contributed by atoms with Gasteiger partial charge in [-0.15, -0.1) is 0 Å². The van der Waals surface area contributed by atoms with Gasteiger partial charge in [0.1, 0.15) is 6.04 Å². The van der Waals surface area contributed by atoms with E-state index in [2.05, 4.69) is 5.32 Å². The fraction of sp³-hybridized carbons (Fsp3) is 0.750. The van der Waals surface area contributed by atoms with Crippen molar-refractivity contribution in [1.29, 1.82) is 0 Å². The Morgan fingerprint density at radius 1 is 1.32 bits per heavy atom. The van der Waals surface area contributed by atoms with Crippen molar-refractivity contribution in [3.05, 3.63) is 0 Å². The first kappa shape index (κ1) is 15.4. The monoisotopic (exact) mass is 273 g/mol. The van der Waals surface area contributed by atoms with Crippen LogP contribution in [0.4, 0.5) is 0 Å². The molecule has 1 aliphatic rings. The van der Waals surface area contributed by atoms with Crippen molar-refractivity contribution < 1.29 is 29.3 Å². The van der Waals surface area contributed by atoms with Gasteiger partial charge >= 0.3 is 11.9 Å². The number of hydrogen-bond donors (Lipinski definition) is 3. The van der Waals surface area contributed by atoms with Gasteiger partial charge in [-0.05, 0) is 25.7 Å². The van der Waals surface area contributed by atoms with Gasteiger partial charge in [0.25, 0.3) is 0 Å². The van der Waals surface area contributed by atoms with Crippen molar-refractivity contribution in [3.63, 3.8) is 0 Å². The molecule has 3 N–H and O–H groups in total. The molecular formula is C12H19NO6. The fourth-order valence-electron chi connectivity index (χ4n) is 2.10. The summed E-state index contributed by atoms with van der Waals surface area (Å²) in [6.45, 7) is 2.55. The van der Waals surface area contributed by atoms with Gasteiger partial charge < -0.3 is 20.3 Å². The molecule has 1 fully saturated rings. The van der Waals surface area contributed by atoms with E-state index in [-0.39, 0.29) is 18.4 Å². The van der Waals surface area contributed by atoms with Gasteiger partial charge in [-0.25, -0.2) is 4.79 Å². The predicted octanol–water partition coefficient (Wildman–Crippen LogP) is 0.236. The first-order valence-electron chi connectivity index (χ1n) is 6.28. The standard InChI is InChI=1S/C12H19NO6/c1-2-19-8-3-7(4-8)5-10(14)13-9(12(17)18)6-11(15)16/h7-9H,2-6H2,1H3,(H,13,14)(H,15,16)(H,17,18). The van der Waals surface area contributed by atoms with Crippen LogP contribution < -0.4 is 5.32 Å². The highest BCUT2D eigenvalue weighted by Gasteiger charge is 2.32. The Labute approximate surface area is 110 Å². The molecule has 19 heavy (non-hydrogen) atoms. The number of carboxylic acid groups (broad SMARTS) is 2. The van der Waals surface area contributed by atoms with Crippen LogP contribution in [0.1, 0.15) is 32.6 Å². The van der Waals surface area contributed by atoms with Crippen LogP contribution in [0.3, 0.4) is 0 Å². The fourth-order valence-corrected chi connectivity index (χ4v) is 2.10. The van der Waals surface area contributed by atoms with Crippen molar-refractivity contribution in [2.45, 2.75) is 44.8 Å². The van der Waals surface area contributed by atoms with Crippen LogP contribution in [0, 0.1) is 5.92 Å². The third-order valence-electron chi connectivity index (χ3n) is 3.08. The smallest absolute Gasteiger partial charge is 0.326 e. The maximum absolute atomic E-state index is 11.6. The number of carbonyl (C=O) groups excluding carboxylic acids is 1. The average molecular weight is 273 g/mol. The lowest BCUT2D eigenvalue weighted by Gasteiger charge is -2.34. The molecule has 0 aromatic heterocycles. The minimum atomic E-state index is -1.37. The highest BCUT2D eigenvalue weighted by atomic mass is 16.5. The van der Waals surface area contributed by atoms with Gasteiger partial charge in [0.15, 0.2) is 0 Å². The number of aliphatic carboxylic acids is 2. The van der Waals surface area contributed by atoms with E-state index in [4.69, 9.17) is 14.9 Å². The van der Waals surface area contributed by atoms with Crippen LogP contribution in [-0.4, -0.2) is 46.8 Å². The summed E-state index contributed by atoms with van der Waals surface area (Å²) in [5.41, 5.74) is 0. The molecule has 0 aromatic rings. The van der Waals surface area contributed by atoms with Crippen LogP contribution in [0.2, 0.25) is 0 Å². The van der Waals surface area contributed by atoms with Crippen molar-refractivity contribution in [2.75, 3.05) is 6.61 Å². The highest BCUT2D eigenvalue weighted by Crippen LogP contribution is 2.32. The number of rotatable bonds is 8. The summed E-state index contributed by atoms with van der Waals surface area (Å²) < 4.78 is 5.36. The van der Waals surface area contributed by atoms with Gasteiger partial charge in [0.05, 0.1) is 12.5 Å². The summed E-state index contributed by atoms with van der Waals surface area (Å²) in [5, 5.41) is 19.6. The summed E-state index contributed by atoms with van der Waals surface area (Å²) in [4.78, 5) is 32.8. The van der Waals surface area contributed by atoms with Crippen molar-refractivity contribution in [2.24, 2.45) is 5.92 Å². The maximum Gasteiger partial charge on any atom is 0.326 e. The maximum atomic E-state index is 11.6. The Kier molecular flexibility index (Phi) is 5.75. The summed E-state index contributed by atoms with van der Waals surface area (Å²) in [6.07, 6.45) is 1.37. The number of nitrogens with one attached hydrogen (secondary N) is 1. The average Bonchev–Trinajstić information content (AvgIpc) is 2.24. The Morgan fingerprint density at radius 2 is 1.95 bits per heavy atom. The van der Waals surface area contributed by atoms with Gasteiger partial charge in [0.2, 0.25) is 5.91 Å². The van der Waals surface area contributed by atoms with E-state index in [0.717, 1.165) is 12.8 Å². The Bertz CT molecular complexity index is 350. The normalized spacial score (nSPS) is 23.2. The molecule has 0 aliphatic heterocycles. The van der Waals surface area contributed by atoms with Crippen molar-refractivity contribution in [3.8, 4) is 0 Å². The quantitative estimate of drug-likeness (QED) is 0.583. The molecule has 0 bridgehead atoms. The van der Waals surface area contributed by atoms with Crippen LogP contribution in [0.5, 0.6) is 0 Å². The number of carbonyl (C=O) groups is 3. The third kappa shape index (κ3) is 5.25. The van der Waals surface area contributed by atoms with Gasteiger partial charge in [-0.3, -0.25) is 9.59 Å². The molecule has 1 atom stereocenters. The minimum absolute atomic E-state index is 0.191. The molecule has 0 heterocycles. The van der Waals surface area contributed by atoms with E-state index < -0.39 is 30.3 Å². The molecule has 0 aromatic carbocycles. The first-order chi connectivity index (χ1) is 8.92. The lowest BCUT2D eigenvalue weighted by Crippen LogP contribution is -2.44. The summed E-state index contributed by atoms with van der Waals surface area (Å²) in [5.74, 6) is -2.83. The van der Waals surface area contributed by atoms with Gasteiger partial charge in [0, 0.05) is 13.0 Å². The van der Waals surface area contributed by atoms with Crippen molar-refractivity contribution >= 4 is 17.8 Å². The number of ether oxygens (including phenoxy) is 1. The predicted molar refractivity (Wildman–Crippen MR) is 64.6 cm³/mol. The van der Waals surface area contributed by atoms with E-state index >= 15 is 0 Å². The Hall–Kier alpha value is -1.63.